The van der Waals surface area contributed by atoms with Crippen molar-refractivity contribution < 1.29 is 14.3 Å². The number of halogens is 1. The molecule has 0 aliphatic rings. The van der Waals surface area contributed by atoms with Gasteiger partial charge in [0.2, 0.25) is 5.91 Å². The van der Waals surface area contributed by atoms with Crippen molar-refractivity contribution in [3.63, 3.8) is 0 Å². The lowest BCUT2D eigenvalue weighted by molar-refractivity contribution is -0.143. The Bertz CT molecular complexity index is 1180. The fourth-order valence-corrected chi connectivity index (χ4v) is 4.65. The van der Waals surface area contributed by atoms with Crippen LogP contribution in [0.15, 0.2) is 77.3 Å². The summed E-state index contributed by atoms with van der Waals surface area (Å²) in [7, 11) is 0. The molecule has 3 aromatic carbocycles. The van der Waals surface area contributed by atoms with Gasteiger partial charge in [-0.2, -0.15) is 0 Å². The molecule has 0 saturated heterocycles. The van der Waals surface area contributed by atoms with Crippen molar-refractivity contribution in [1.29, 1.82) is 0 Å². The molecule has 3 aromatic rings. The molecule has 2 amide bonds. The smallest absolute Gasteiger partial charge is 0.261 e. The molecule has 0 saturated carbocycles. The second-order valence-electron chi connectivity index (χ2n) is 9.44. The van der Waals surface area contributed by atoms with Gasteiger partial charge in [0.1, 0.15) is 11.8 Å². The number of carbonyl (C=O) groups excluding carboxylic acids is 2. The lowest BCUT2D eigenvalue weighted by Crippen LogP contribution is -2.53. The lowest BCUT2D eigenvalue weighted by Gasteiger charge is -2.32. The Morgan fingerprint density at radius 3 is 2.32 bits per heavy atom. The predicted molar refractivity (Wildman–Crippen MR) is 153 cm³/mol. The molecule has 0 radical (unpaired) electrons. The van der Waals surface area contributed by atoms with Crippen molar-refractivity contribution in [3.8, 4) is 5.75 Å². The molecule has 2 unspecified atom stereocenters. The van der Waals surface area contributed by atoms with Crippen LogP contribution in [0.4, 0.5) is 0 Å². The molecule has 3 rings (SSSR count). The number of hydrogen-bond donors (Lipinski definition) is 1. The number of carbonyl (C=O) groups is 2. The lowest BCUT2D eigenvalue weighted by atomic mass is 10.0. The summed E-state index contributed by atoms with van der Waals surface area (Å²) in [5.74, 6) is 0.200. The number of rotatable bonds is 12. The van der Waals surface area contributed by atoms with E-state index in [2.05, 4.69) is 28.2 Å². The summed E-state index contributed by atoms with van der Waals surface area (Å²) in [6, 6.07) is 23.0. The molecule has 0 heterocycles. The van der Waals surface area contributed by atoms with Crippen molar-refractivity contribution in [2.45, 2.75) is 65.6 Å². The van der Waals surface area contributed by atoms with Gasteiger partial charge in [-0.05, 0) is 71.4 Å². The van der Waals surface area contributed by atoms with Gasteiger partial charge >= 0.3 is 0 Å². The van der Waals surface area contributed by atoms with Gasteiger partial charge in [-0.3, -0.25) is 9.59 Å². The highest BCUT2D eigenvalue weighted by Gasteiger charge is 2.31. The Kier molecular flexibility index (Phi) is 10.8. The van der Waals surface area contributed by atoms with Gasteiger partial charge in [-0.15, -0.1) is 0 Å². The fourth-order valence-electron chi connectivity index (χ4n) is 4.11. The average molecular weight is 566 g/mol. The third kappa shape index (κ3) is 8.46. The van der Waals surface area contributed by atoms with Gasteiger partial charge in [0.05, 0.1) is 4.47 Å². The second kappa shape index (κ2) is 14.0. The minimum absolute atomic E-state index is 0.00554. The zero-order chi connectivity index (χ0) is 26.8. The van der Waals surface area contributed by atoms with E-state index in [4.69, 9.17) is 4.74 Å². The maximum Gasteiger partial charge on any atom is 0.261 e. The van der Waals surface area contributed by atoms with Crippen LogP contribution in [0.3, 0.4) is 0 Å². The first-order valence-corrected chi connectivity index (χ1v) is 13.7. The number of nitrogens with zero attached hydrogens (tertiary/aromatic N) is 1. The second-order valence-corrected chi connectivity index (χ2v) is 10.3. The zero-order valence-corrected chi connectivity index (χ0v) is 23.8. The fraction of sp³-hybridized carbons (Fsp3) is 0.355. The number of benzene rings is 3. The van der Waals surface area contributed by atoms with Gasteiger partial charge < -0.3 is 15.0 Å². The zero-order valence-electron chi connectivity index (χ0n) is 22.2. The van der Waals surface area contributed by atoms with Gasteiger partial charge in [-0.25, -0.2) is 0 Å². The molecule has 0 fully saturated rings. The standard InChI is InChI=1S/C31H37BrN2O3/c1-5-23(4)33-31(36)28(19-25-12-8-7-9-13-25)34(20-26-14-10-11-22(3)17-26)30(35)21-37-29-16-15-24(6-2)18-27(29)32/h7-18,23,28H,5-6,19-21H2,1-4H3,(H,33,36). The number of amides is 2. The van der Waals surface area contributed by atoms with E-state index in [0.29, 0.717) is 18.7 Å². The van der Waals surface area contributed by atoms with Gasteiger partial charge in [-0.1, -0.05) is 80.1 Å². The summed E-state index contributed by atoms with van der Waals surface area (Å²) in [6.45, 7) is 8.26. The quantitative estimate of drug-likeness (QED) is 0.282. The first-order chi connectivity index (χ1) is 17.8. The molecule has 0 spiro atoms. The minimum atomic E-state index is -0.682. The summed E-state index contributed by atoms with van der Waals surface area (Å²) >= 11 is 3.55. The minimum Gasteiger partial charge on any atom is -0.483 e. The van der Waals surface area contributed by atoms with Crippen LogP contribution in [0.2, 0.25) is 0 Å². The van der Waals surface area contributed by atoms with Crippen LogP contribution in [0.1, 0.15) is 49.4 Å². The van der Waals surface area contributed by atoms with Crippen LogP contribution in [0, 0.1) is 6.92 Å². The molecule has 0 aliphatic carbocycles. The normalized spacial score (nSPS) is 12.5. The largest absolute Gasteiger partial charge is 0.483 e. The maximum absolute atomic E-state index is 13.7. The van der Waals surface area contributed by atoms with E-state index in [-0.39, 0.29) is 24.5 Å². The molecule has 196 valence electrons. The summed E-state index contributed by atoms with van der Waals surface area (Å²) in [5.41, 5.74) is 4.24. The molecule has 2 atom stereocenters. The van der Waals surface area contributed by atoms with Crippen LogP contribution in [0.25, 0.3) is 0 Å². The number of ether oxygens (including phenoxy) is 1. The highest BCUT2D eigenvalue weighted by molar-refractivity contribution is 9.10. The van der Waals surface area contributed by atoms with E-state index in [1.54, 1.807) is 4.90 Å². The molecule has 37 heavy (non-hydrogen) atoms. The Morgan fingerprint density at radius 2 is 1.68 bits per heavy atom. The summed E-state index contributed by atoms with van der Waals surface area (Å²) in [5, 5.41) is 3.10. The first kappa shape index (κ1) is 28.5. The summed E-state index contributed by atoms with van der Waals surface area (Å²) in [6.07, 6.45) is 2.13. The molecule has 0 aliphatic heterocycles. The topological polar surface area (TPSA) is 58.6 Å². The van der Waals surface area contributed by atoms with E-state index in [1.807, 2.05) is 93.6 Å². The van der Waals surface area contributed by atoms with Crippen LogP contribution in [-0.2, 0) is 29.0 Å². The monoisotopic (exact) mass is 564 g/mol. The molecular formula is C31H37BrN2O3. The molecule has 6 heteroatoms. The summed E-state index contributed by atoms with van der Waals surface area (Å²) in [4.78, 5) is 29.0. The Labute approximate surface area is 229 Å². The van der Waals surface area contributed by atoms with Gasteiger partial charge in [0.25, 0.3) is 5.91 Å². The summed E-state index contributed by atoms with van der Waals surface area (Å²) < 4.78 is 6.76. The van der Waals surface area contributed by atoms with E-state index < -0.39 is 6.04 Å². The molecule has 0 bridgehead atoms. The van der Waals surface area contributed by atoms with Crippen molar-refractivity contribution in [2.24, 2.45) is 0 Å². The van der Waals surface area contributed by atoms with E-state index in [9.17, 15) is 9.59 Å². The van der Waals surface area contributed by atoms with Gasteiger partial charge in [0, 0.05) is 19.0 Å². The van der Waals surface area contributed by atoms with Crippen LogP contribution in [0.5, 0.6) is 5.75 Å². The molecule has 5 nitrogen and oxygen atoms in total. The van der Waals surface area contributed by atoms with Crippen LogP contribution in [-0.4, -0.2) is 35.4 Å². The predicted octanol–water partition coefficient (Wildman–Crippen LogP) is 6.25. The van der Waals surface area contributed by atoms with Crippen LogP contribution < -0.4 is 10.1 Å². The molecule has 0 aromatic heterocycles. The Morgan fingerprint density at radius 1 is 0.946 bits per heavy atom. The van der Waals surface area contributed by atoms with Crippen LogP contribution >= 0.6 is 15.9 Å². The van der Waals surface area contributed by atoms with Crippen molar-refractivity contribution in [1.82, 2.24) is 10.2 Å². The first-order valence-electron chi connectivity index (χ1n) is 12.9. The van der Waals surface area contributed by atoms with Crippen molar-refractivity contribution in [3.05, 3.63) is 99.5 Å². The maximum atomic E-state index is 13.7. The van der Waals surface area contributed by atoms with E-state index in [1.165, 1.54) is 5.56 Å². The Hall–Kier alpha value is -3.12. The highest BCUT2D eigenvalue weighted by atomic mass is 79.9. The van der Waals surface area contributed by atoms with Crippen molar-refractivity contribution in [2.75, 3.05) is 6.61 Å². The van der Waals surface area contributed by atoms with Crippen molar-refractivity contribution >= 4 is 27.7 Å². The number of hydrogen-bond acceptors (Lipinski definition) is 3. The number of aryl methyl sites for hydroxylation is 2. The molecule has 1 N–H and O–H groups in total. The van der Waals surface area contributed by atoms with Gasteiger partial charge in [0.15, 0.2) is 6.61 Å². The SMILES string of the molecule is CCc1ccc(OCC(=O)N(Cc2cccc(C)c2)C(Cc2ccccc2)C(=O)NC(C)CC)c(Br)c1. The molecular weight excluding hydrogens is 528 g/mol. The highest BCUT2D eigenvalue weighted by Crippen LogP contribution is 2.26. The van der Waals surface area contributed by atoms with E-state index >= 15 is 0 Å². The third-order valence-electron chi connectivity index (χ3n) is 6.46. The number of nitrogens with one attached hydrogen (secondary N) is 1. The Balaban J connectivity index is 1.92. The van der Waals surface area contributed by atoms with E-state index in [0.717, 1.165) is 34.0 Å². The average Bonchev–Trinajstić information content (AvgIpc) is 2.90. The third-order valence-corrected chi connectivity index (χ3v) is 7.08.